The van der Waals surface area contributed by atoms with E-state index in [-0.39, 0.29) is 11.7 Å². The summed E-state index contributed by atoms with van der Waals surface area (Å²) in [6.07, 6.45) is 1.57. The van der Waals surface area contributed by atoms with Gasteiger partial charge in [-0.15, -0.1) is 0 Å². The number of hydrogen-bond acceptors (Lipinski definition) is 3. The average molecular weight is 221 g/mol. The van der Waals surface area contributed by atoms with Crippen molar-refractivity contribution in [2.75, 3.05) is 13.7 Å². The van der Waals surface area contributed by atoms with Gasteiger partial charge >= 0.3 is 0 Å². The highest BCUT2D eigenvalue weighted by atomic mass is 16.5. The molecule has 1 aromatic carbocycles. The third-order valence-electron chi connectivity index (χ3n) is 2.80. The molecule has 0 saturated carbocycles. The Balaban J connectivity index is 2.17. The average Bonchev–Trinajstić information content (AvgIpc) is 2.67. The summed E-state index contributed by atoms with van der Waals surface area (Å²) < 4.78 is 5.17. The zero-order chi connectivity index (χ0) is 11.5. The van der Waals surface area contributed by atoms with Gasteiger partial charge in [-0.2, -0.15) is 0 Å². The Kier molecular flexibility index (Phi) is 2.99. The highest BCUT2D eigenvalue weighted by Gasteiger charge is 2.21. The van der Waals surface area contributed by atoms with E-state index in [1.54, 1.807) is 25.3 Å². The van der Waals surface area contributed by atoms with E-state index in [0.717, 1.165) is 18.5 Å². The van der Waals surface area contributed by atoms with Crippen LogP contribution in [0.1, 0.15) is 18.4 Å². The maximum Gasteiger partial charge on any atom is 0.222 e. The molecular weight excluding hydrogens is 206 g/mol. The highest BCUT2D eigenvalue weighted by molar-refractivity contribution is 5.78. The van der Waals surface area contributed by atoms with Crippen molar-refractivity contribution in [1.82, 2.24) is 4.90 Å². The van der Waals surface area contributed by atoms with Crippen LogP contribution in [0.4, 0.5) is 0 Å². The van der Waals surface area contributed by atoms with Gasteiger partial charge in [-0.3, -0.25) is 4.79 Å². The molecule has 1 aromatic rings. The Bertz CT molecular complexity index is 403. The number of rotatable bonds is 3. The van der Waals surface area contributed by atoms with Crippen LogP contribution >= 0.6 is 0 Å². The summed E-state index contributed by atoms with van der Waals surface area (Å²) in [6.45, 7) is 1.37. The molecule has 1 saturated heterocycles. The topological polar surface area (TPSA) is 49.8 Å². The van der Waals surface area contributed by atoms with Crippen LogP contribution in [0.2, 0.25) is 0 Å². The molecular formula is C12H15NO3. The number of hydrogen-bond donors (Lipinski definition) is 1. The number of benzene rings is 1. The van der Waals surface area contributed by atoms with Crippen molar-refractivity contribution < 1.29 is 14.6 Å². The Hall–Kier alpha value is -1.71. The number of carbonyl (C=O) groups excluding carboxylic acids is 1. The van der Waals surface area contributed by atoms with Gasteiger partial charge in [0.05, 0.1) is 7.11 Å². The first kappa shape index (κ1) is 10.8. The number of carbonyl (C=O) groups is 1. The molecule has 86 valence electrons. The molecule has 1 fully saturated rings. The molecule has 1 aliphatic heterocycles. The highest BCUT2D eigenvalue weighted by Crippen LogP contribution is 2.26. The normalized spacial score (nSPS) is 15.6. The van der Waals surface area contributed by atoms with Gasteiger partial charge in [-0.25, -0.2) is 0 Å². The molecule has 0 bridgehead atoms. The second kappa shape index (κ2) is 4.43. The summed E-state index contributed by atoms with van der Waals surface area (Å²) in [6, 6.07) is 4.97. The second-order valence-corrected chi connectivity index (χ2v) is 3.91. The minimum Gasteiger partial charge on any atom is -0.508 e. The fourth-order valence-corrected chi connectivity index (χ4v) is 1.94. The standard InChI is InChI=1S/C12H15NO3/c1-16-11-7-10(14)5-4-9(11)8-13-6-2-3-12(13)15/h4-5,7,14H,2-3,6,8H2,1H3. The van der Waals surface area contributed by atoms with Gasteiger partial charge in [-0.05, 0) is 18.6 Å². The Morgan fingerprint density at radius 1 is 1.50 bits per heavy atom. The van der Waals surface area contributed by atoms with E-state index in [2.05, 4.69) is 0 Å². The van der Waals surface area contributed by atoms with Crippen molar-refractivity contribution in [2.45, 2.75) is 19.4 Å². The van der Waals surface area contributed by atoms with E-state index >= 15 is 0 Å². The van der Waals surface area contributed by atoms with Gasteiger partial charge in [0, 0.05) is 31.1 Å². The van der Waals surface area contributed by atoms with Crippen LogP contribution in [0.5, 0.6) is 11.5 Å². The first-order valence-corrected chi connectivity index (χ1v) is 5.34. The van der Waals surface area contributed by atoms with Crippen molar-refractivity contribution >= 4 is 5.91 Å². The predicted molar refractivity (Wildman–Crippen MR) is 59.3 cm³/mol. The molecule has 0 unspecified atom stereocenters. The molecule has 0 aliphatic carbocycles. The fraction of sp³-hybridized carbons (Fsp3) is 0.417. The fourth-order valence-electron chi connectivity index (χ4n) is 1.94. The zero-order valence-electron chi connectivity index (χ0n) is 9.27. The number of aromatic hydroxyl groups is 1. The van der Waals surface area contributed by atoms with E-state index < -0.39 is 0 Å². The lowest BCUT2D eigenvalue weighted by atomic mass is 10.2. The van der Waals surface area contributed by atoms with E-state index in [9.17, 15) is 9.90 Å². The molecule has 4 nitrogen and oxygen atoms in total. The molecule has 4 heteroatoms. The summed E-state index contributed by atoms with van der Waals surface area (Å²) in [5.41, 5.74) is 0.926. The van der Waals surface area contributed by atoms with Gasteiger partial charge in [0.1, 0.15) is 11.5 Å². The lowest BCUT2D eigenvalue weighted by molar-refractivity contribution is -0.128. The van der Waals surface area contributed by atoms with Crippen LogP contribution in [0.3, 0.4) is 0 Å². The SMILES string of the molecule is COc1cc(O)ccc1CN1CCCC1=O. The van der Waals surface area contributed by atoms with E-state index in [0.29, 0.717) is 18.7 Å². The third-order valence-corrected chi connectivity index (χ3v) is 2.80. The van der Waals surface area contributed by atoms with Crippen LogP contribution in [0, 0.1) is 0 Å². The predicted octanol–water partition coefficient (Wildman–Crippen LogP) is 1.52. The lowest BCUT2D eigenvalue weighted by Gasteiger charge is -2.17. The molecule has 1 N–H and O–H groups in total. The number of phenols is 1. The maximum atomic E-state index is 11.5. The van der Waals surface area contributed by atoms with Crippen LogP contribution in [-0.2, 0) is 11.3 Å². The minimum absolute atomic E-state index is 0.174. The number of methoxy groups -OCH3 is 1. The number of ether oxygens (including phenoxy) is 1. The van der Waals surface area contributed by atoms with Gasteiger partial charge < -0.3 is 14.7 Å². The Labute approximate surface area is 94.4 Å². The van der Waals surface area contributed by atoms with Gasteiger partial charge in [-0.1, -0.05) is 0 Å². The van der Waals surface area contributed by atoms with Crippen molar-refractivity contribution in [3.05, 3.63) is 23.8 Å². The largest absolute Gasteiger partial charge is 0.508 e. The molecule has 0 atom stereocenters. The molecule has 0 aromatic heterocycles. The molecule has 1 amide bonds. The first-order valence-electron chi connectivity index (χ1n) is 5.34. The van der Waals surface area contributed by atoms with Crippen LogP contribution in [-0.4, -0.2) is 29.6 Å². The Morgan fingerprint density at radius 3 is 2.94 bits per heavy atom. The van der Waals surface area contributed by atoms with Crippen molar-refractivity contribution in [3.8, 4) is 11.5 Å². The minimum atomic E-state index is 0.174. The second-order valence-electron chi connectivity index (χ2n) is 3.91. The summed E-state index contributed by atoms with van der Waals surface area (Å²) in [5.74, 6) is 0.989. The van der Waals surface area contributed by atoms with Crippen LogP contribution < -0.4 is 4.74 Å². The molecule has 0 radical (unpaired) electrons. The number of phenolic OH excluding ortho intramolecular Hbond substituents is 1. The van der Waals surface area contributed by atoms with Gasteiger partial charge in [0.25, 0.3) is 0 Å². The van der Waals surface area contributed by atoms with E-state index in [1.165, 1.54) is 0 Å². The van der Waals surface area contributed by atoms with Gasteiger partial charge in [0.2, 0.25) is 5.91 Å². The molecule has 16 heavy (non-hydrogen) atoms. The molecule has 1 heterocycles. The van der Waals surface area contributed by atoms with Crippen LogP contribution in [0.15, 0.2) is 18.2 Å². The molecule has 0 spiro atoms. The summed E-state index contributed by atoms with van der Waals surface area (Å²) in [7, 11) is 1.56. The Morgan fingerprint density at radius 2 is 2.31 bits per heavy atom. The number of amides is 1. The monoisotopic (exact) mass is 221 g/mol. The quantitative estimate of drug-likeness (QED) is 0.842. The lowest BCUT2D eigenvalue weighted by Crippen LogP contribution is -2.24. The van der Waals surface area contributed by atoms with Crippen molar-refractivity contribution in [2.24, 2.45) is 0 Å². The van der Waals surface area contributed by atoms with E-state index in [4.69, 9.17) is 4.74 Å². The van der Waals surface area contributed by atoms with Crippen molar-refractivity contribution in [3.63, 3.8) is 0 Å². The zero-order valence-corrected chi connectivity index (χ0v) is 9.27. The summed E-state index contributed by atoms with van der Waals surface area (Å²) in [4.78, 5) is 13.3. The summed E-state index contributed by atoms with van der Waals surface area (Å²) >= 11 is 0. The maximum absolute atomic E-state index is 11.5. The smallest absolute Gasteiger partial charge is 0.222 e. The summed E-state index contributed by atoms with van der Waals surface area (Å²) in [5, 5.41) is 9.32. The molecule has 2 rings (SSSR count). The van der Waals surface area contributed by atoms with Crippen molar-refractivity contribution in [1.29, 1.82) is 0 Å². The van der Waals surface area contributed by atoms with Crippen LogP contribution in [0.25, 0.3) is 0 Å². The third kappa shape index (κ3) is 2.10. The number of nitrogens with zero attached hydrogens (tertiary/aromatic N) is 1. The molecule has 1 aliphatic rings. The first-order chi connectivity index (χ1) is 7.70. The number of likely N-dealkylation sites (tertiary alicyclic amines) is 1. The van der Waals surface area contributed by atoms with E-state index in [1.807, 2.05) is 4.90 Å². The van der Waals surface area contributed by atoms with Gasteiger partial charge in [0.15, 0.2) is 0 Å².